The molecule has 4 rings (SSSR count). The van der Waals surface area contributed by atoms with Crippen molar-refractivity contribution in [3.8, 4) is 0 Å². The van der Waals surface area contributed by atoms with E-state index in [9.17, 15) is 17.9 Å². The van der Waals surface area contributed by atoms with Gasteiger partial charge in [-0.15, -0.1) is 0 Å². The average molecular weight is 371 g/mol. The van der Waals surface area contributed by atoms with E-state index in [2.05, 4.69) is 0 Å². The molecule has 0 unspecified atom stereocenters. The number of nitrogens with zero attached hydrogens (tertiary/aromatic N) is 1. The highest BCUT2D eigenvalue weighted by Gasteiger charge is 2.28. The molecule has 0 saturated heterocycles. The molecule has 0 radical (unpaired) electrons. The Kier molecular flexibility index (Phi) is 3.97. The van der Waals surface area contributed by atoms with Crippen LogP contribution in [0.5, 0.6) is 0 Å². The van der Waals surface area contributed by atoms with Crippen molar-refractivity contribution in [3.63, 3.8) is 0 Å². The number of hydrogen-bond donors (Lipinski definition) is 1. The normalized spacial score (nSPS) is 15.7. The summed E-state index contributed by atoms with van der Waals surface area (Å²) in [4.78, 5) is 0.302. The van der Waals surface area contributed by atoms with Gasteiger partial charge in [0.2, 0.25) is 0 Å². The number of aromatic nitrogens is 1. The summed E-state index contributed by atoms with van der Waals surface area (Å²) in [5.41, 5.74) is 3.93. The van der Waals surface area contributed by atoms with Gasteiger partial charge in [0.25, 0.3) is 0 Å². The fourth-order valence-electron chi connectivity index (χ4n) is 3.77. The van der Waals surface area contributed by atoms with Crippen LogP contribution in [-0.2, 0) is 16.4 Å². The van der Waals surface area contributed by atoms with E-state index in [0.717, 1.165) is 27.7 Å². The quantitative estimate of drug-likeness (QED) is 0.769. The van der Waals surface area contributed by atoms with E-state index in [0.29, 0.717) is 17.0 Å². The minimum Gasteiger partial charge on any atom is -0.395 e. The Morgan fingerprint density at radius 3 is 2.73 bits per heavy atom. The zero-order valence-electron chi connectivity index (χ0n) is 14.2. The summed E-state index contributed by atoms with van der Waals surface area (Å²) in [5, 5.41) is 10.1. The molecular weight excluding hydrogens is 353 g/mol. The number of rotatable bonds is 3. The van der Waals surface area contributed by atoms with E-state index in [1.54, 1.807) is 36.4 Å². The van der Waals surface area contributed by atoms with Gasteiger partial charge in [0.05, 0.1) is 17.3 Å². The summed E-state index contributed by atoms with van der Waals surface area (Å²) in [6.45, 7) is 2.27. The van der Waals surface area contributed by atoms with Crippen LogP contribution in [0.3, 0.4) is 0 Å². The summed E-state index contributed by atoms with van der Waals surface area (Å²) in [7, 11) is -3.36. The van der Waals surface area contributed by atoms with Crippen LogP contribution in [0, 0.1) is 12.7 Å². The zero-order valence-corrected chi connectivity index (χ0v) is 15.1. The predicted molar refractivity (Wildman–Crippen MR) is 99.3 cm³/mol. The molecule has 3 aromatic rings. The SMILES string of the molecule is Cc1c(C2=CCS(=O)(=O)c3ccccc32)c2cc(F)ccc2n1CCO. The largest absolute Gasteiger partial charge is 0.395 e. The first-order chi connectivity index (χ1) is 12.4. The topological polar surface area (TPSA) is 59.3 Å². The average Bonchev–Trinajstić information content (AvgIpc) is 2.87. The number of hydrogen-bond acceptors (Lipinski definition) is 3. The lowest BCUT2D eigenvalue weighted by Crippen LogP contribution is -2.13. The number of sulfone groups is 1. The van der Waals surface area contributed by atoms with Crippen LogP contribution in [0.4, 0.5) is 4.39 Å². The maximum Gasteiger partial charge on any atom is 0.182 e. The Morgan fingerprint density at radius 2 is 1.96 bits per heavy atom. The molecule has 2 aromatic carbocycles. The first-order valence-electron chi connectivity index (χ1n) is 8.36. The number of aliphatic hydroxyl groups excluding tert-OH is 1. The maximum absolute atomic E-state index is 14.0. The second kappa shape index (κ2) is 6.07. The van der Waals surface area contributed by atoms with Crippen LogP contribution in [-0.4, -0.2) is 30.5 Å². The highest BCUT2D eigenvalue weighted by atomic mass is 32.2. The Morgan fingerprint density at radius 1 is 1.19 bits per heavy atom. The molecule has 1 N–H and O–H groups in total. The molecule has 2 heterocycles. The molecule has 1 aliphatic rings. The molecule has 1 aromatic heterocycles. The lowest BCUT2D eigenvalue weighted by Gasteiger charge is -2.19. The van der Waals surface area contributed by atoms with Crippen LogP contribution >= 0.6 is 0 Å². The van der Waals surface area contributed by atoms with Gasteiger partial charge in [-0.25, -0.2) is 12.8 Å². The number of fused-ring (bicyclic) bond motifs is 2. The van der Waals surface area contributed by atoms with Crippen LogP contribution in [0.25, 0.3) is 16.5 Å². The highest BCUT2D eigenvalue weighted by Crippen LogP contribution is 2.39. The van der Waals surface area contributed by atoms with Crippen molar-refractivity contribution in [2.75, 3.05) is 12.4 Å². The summed E-state index contributed by atoms with van der Waals surface area (Å²) >= 11 is 0. The Balaban J connectivity index is 2.06. The highest BCUT2D eigenvalue weighted by molar-refractivity contribution is 7.91. The molecule has 1 aliphatic heterocycles. The van der Waals surface area contributed by atoms with Gasteiger partial charge in [0, 0.05) is 34.3 Å². The fourth-order valence-corrected chi connectivity index (χ4v) is 5.14. The van der Waals surface area contributed by atoms with Crippen LogP contribution in [0.1, 0.15) is 16.8 Å². The van der Waals surface area contributed by atoms with Gasteiger partial charge in [-0.05, 0) is 36.8 Å². The van der Waals surface area contributed by atoms with Crippen molar-refractivity contribution in [1.29, 1.82) is 0 Å². The first-order valence-corrected chi connectivity index (χ1v) is 10.0. The van der Waals surface area contributed by atoms with Gasteiger partial charge in [-0.3, -0.25) is 0 Å². The predicted octanol–water partition coefficient (Wildman–Crippen LogP) is 3.30. The van der Waals surface area contributed by atoms with Crippen molar-refractivity contribution in [1.82, 2.24) is 4.57 Å². The summed E-state index contributed by atoms with van der Waals surface area (Å²) in [6, 6.07) is 11.5. The third kappa shape index (κ3) is 2.48. The van der Waals surface area contributed by atoms with Crippen molar-refractivity contribution >= 4 is 26.3 Å². The van der Waals surface area contributed by atoms with E-state index >= 15 is 0 Å². The Hall–Kier alpha value is -2.44. The molecule has 26 heavy (non-hydrogen) atoms. The second-order valence-electron chi connectivity index (χ2n) is 6.39. The lowest BCUT2D eigenvalue weighted by atomic mass is 9.95. The van der Waals surface area contributed by atoms with Gasteiger partial charge in [0.1, 0.15) is 5.82 Å². The van der Waals surface area contributed by atoms with Crippen molar-refractivity contribution in [3.05, 3.63) is 71.2 Å². The molecule has 0 saturated carbocycles. The van der Waals surface area contributed by atoms with E-state index in [-0.39, 0.29) is 18.2 Å². The van der Waals surface area contributed by atoms with Crippen molar-refractivity contribution in [2.45, 2.75) is 18.4 Å². The van der Waals surface area contributed by atoms with Crippen molar-refractivity contribution < 1.29 is 17.9 Å². The third-order valence-electron chi connectivity index (χ3n) is 4.90. The van der Waals surface area contributed by atoms with E-state index in [4.69, 9.17) is 0 Å². The monoisotopic (exact) mass is 371 g/mol. The van der Waals surface area contributed by atoms with Crippen LogP contribution < -0.4 is 0 Å². The molecule has 0 atom stereocenters. The minimum atomic E-state index is -3.36. The van der Waals surface area contributed by atoms with Gasteiger partial charge in [-0.1, -0.05) is 24.3 Å². The number of halogens is 1. The summed E-state index contributed by atoms with van der Waals surface area (Å²) < 4.78 is 40.7. The third-order valence-corrected chi connectivity index (χ3v) is 6.53. The molecule has 0 amide bonds. The molecule has 4 nitrogen and oxygen atoms in total. The van der Waals surface area contributed by atoms with Gasteiger partial charge >= 0.3 is 0 Å². The number of benzene rings is 2. The van der Waals surface area contributed by atoms with Crippen LogP contribution in [0.15, 0.2) is 53.4 Å². The summed E-state index contributed by atoms with van der Waals surface area (Å²) in [5.74, 6) is -0.432. The van der Waals surface area contributed by atoms with Gasteiger partial charge in [-0.2, -0.15) is 0 Å². The zero-order chi connectivity index (χ0) is 18.5. The summed E-state index contributed by atoms with van der Waals surface area (Å²) in [6.07, 6.45) is 1.70. The second-order valence-corrected chi connectivity index (χ2v) is 8.40. The molecule has 6 heteroatoms. The molecule has 0 fully saturated rings. The van der Waals surface area contributed by atoms with Gasteiger partial charge in [0.15, 0.2) is 9.84 Å². The maximum atomic E-state index is 14.0. The first kappa shape index (κ1) is 17.0. The smallest absolute Gasteiger partial charge is 0.182 e. The Labute approximate surface area is 151 Å². The Bertz CT molecular complexity index is 1160. The van der Waals surface area contributed by atoms with Gasteiger partial charge < -0.3 is 9.67 Å². The van der Waals surface area contributed by atoms with Crippen LogP contribution in [0.2, 0.25) is 0 Å². The van der Waals surface area contributed by atoms with E-state index < -0.39 is 9.84 Å². The molecular formula is C20H18FNO3S. The van der Waals surface area contributed by atoms with E-state index in [1.165, 1.54) is 12.1 Å². The standard InChI is InChI=1S/C20H18FNO3S/c1-13-20(17-12-14(21)6-7-18(17)22(13)9-10-23)16-8-11-26(24,25)19-5-3-2-4-15(16)19/h2-8,12,23H,9-11H2,1H3. The number of aliphatic hydroxyl groups is 1. The van der Waals surface area contributed by atoms with E-state index in [1.807, 2.05) is 11.5 Å². The molecule has 0 aliphatic carbocycles. The molecule has 134 valence electrons. The minimum absolute atomic E-state index is 0.0363. The molecule has 0 bridgehead atoms. The molecule has 0 spiro atoms. The van der Waals surface area contributed by atoms with Crippen molar-refractivity contribution in [2.24, 2.45) is 0 Å². The fraction of sp³-hybridized carbons (Fsp3) is 0.200. The lowest BCUT2D eigenvalue weighted by molar-refractivity contribution is 0.277.